The number of carbonyl (C=O) groups is 2. The minimum atomic E-state index is -0.718. The second-order valence-electron chi connectivity index (χ2n) is 4.77. The minimum absolute atomic E-state index is 0.0892. The van der Waals surface area contributed by atoms with Crippen molar-refractivity contribution in [2.24, 2.45) is 0 Å². The van der Waals surface area contributed by atoms with Crippen molar-refractivity contribution in [3.05, 3.63) is 35.9 Å². The second kappa shape index (κ2) is 10.0. The van der Waals surface area contributed by atoms with Gasteiger partial charge in [0.05, 0.1) is 12.6 Å². The van der Waals surface area contributed by atoms with Gasteiger partial charge in [-0.2, -0.15) is 0 Å². The van der Waals surface area contributed by atoms with Crippen LogP contribution < -0.4 is 5.43 Å². The molecule has 2 amide bonds. The number of ether oxygens (including phenoxy) is 1. The molecule has 2 N–H and O–H groups in total. The number of nitrogens with zero attached hydrogens (tertiary/aromatic N) is 1. The van der Waals surface area contributed by atoms with Crippen molar-refractivity contribution in [2.45, 2.75) is 32.4 Å². The zero-order valence-electron chi connectivity index (χ0n) is 12.5. The van der Waals surface area contributed by atoms with Gasteiger partial charge in [-0.3, -0.25) is 10.2 Å². The predicted molar refractivity (Wildman–Crippen MR) is 83.1 cm³/mol. The smallest absolute Gasteiger partial charge is 0.429 e. The van der Waals surface area contributed by atoms with E-state index in [1.165, 1.54) is 0 Å². The van der Waals surface area contributed by atoms with Crippen LogP contribution in [0.25, 0.3) is 0 Å². The summed E-state index contributed by atoms with van der Waals surface area (Å²) < 4.78 is 5.15. The summed E-state index contributed by atoms with van der Waals surface area (Å²) in [6.07, 6.45) is -0.0117. The van der Waals surface area contributed by atoms with Gasteiger partial charge in [0.25, 0.3) is 0 Å². The fraction of sp³-hybridized carbons (Fsp3) is 0.467. The van der Waals surface area contributed by atoms with Crippen molar-refractivity contribution in [3.63, 3.8) is 0 Å². The molecule has 6 nitrogen and oxygen atoms in total. The molecule has 1 atom stereocenters. The van der Waals surface area contributed by atoms with Crippen LogP contribution in [0.4, 0.5) is 4.79 Å². The molecule has 0 aliphatic carbocycles. The minimum Gasteiger partial charge on any atom is -0.443 e. The summed E-state index contributed by atoms with van der Waals surface area (Å²) >= 11 is 5.53. The van der Waals surface area contributed by atoms with Crippen molar-refractivity contribution < 1.29 is 19.4 Å². The molecule has 0 saturated carbocycles. The number of hydrogen-bond acceptors (Lipinski definition) is 4. The van der Waals surface area contributed by atoms with Crippen molar-refractivity contribution >= 4 is 23.6 Å². The van der Waals surface area contributed by atoms with E-state index < -0.39 is 12.1 Å². The van der Waals surface area contributed by atoms with Crippen molar-refractivity contribution in [1.29, 1.82) is 0 Å². The average Bonchev–Trinajstić information content (AvgIpc) is 2.55. The van der Waals surface area contributed by atoms with Gasteiger partial charge in [0.2, 0.25) is 5.91 Å². The average molecular weight is 329 g/mol. The first-order chi connectivity index (χ1) is 10.6. The summed E-state index contributed by atoms with van der Waals surface area (Å²) in [5.74, 6) is 0.0131. The van der Waals surface area contributed by atoms with Gasteiger partial charge in [0.15, 0.2) is 0 Å². The normalized spacial score (nSPS) is 11.6. The van der Waals surface area contributed by atoms with Crippen LogP contribution in [-0.4, -0.2) is 40.6 Å². The Labute approximate surface area is 135 Å². The number of benzene rings is 1. The lowest BCUT2D eigenvalue weighted by atomic mass is 10.2. The van der Waals surface area contributed by atoms with Gasteiger partial charge >= 0.3 is 6.09 Å². The summed E-state index contributed by atoms with van der Waals surface area (Å²) in [7, 11) is 0. The van der Waals surface area contributed by atoms with E-state index >= 15 is 0 Å². The summed E-state index contributed by atoms with van der Waals surface area (Å²) in [6.45, 7) is 1.40. The van der Waals surface area contributed by atoms with Gasteiger partial charge < -0.3 is 9.84 Å². The van der Waals surface area contributed by atoms with E-state index in [0.717, 1.165) is 10.6 Å². The van der Waals surface area contributed by atoms with E-state index in [1.807, 2.05) is 30.3 Å². The first-order valence-corrected chi connectivity index (χ1v) is 7.58. The first kappa shape index (κ1) is 18.3. The Morgan fingerprint density at radius 1 is 1.36 bits per heavy atom. The second-order valence-corrected chi connectivity index (χ2v) is 5.15. The molecule has 0 aliphatic rings. The molecule has 0 saturated heterocycles. The third kappa shape index (κ3) is 6.32. The van der Waals surface area contributed by atoms with Crippen LogP contribution in [0.3, 0.4) is 0 Å². The van der Waals surface area contributed by atoms with E-state index in [1.54, 1.807) is 6.92 Å². The van der Waals surface area contributed by atoms with Gasteiger partial charge in [0, 0.05) is 12.3 Å². The Balaban J connectivity index is 2.58. The fourth-order valence-corrected chi connectivity index (χ4v) is 1.76. The molecule has 0 bridgehead atoms. The summed E-state index contributed by atoms with van der Waals surface area (Å²) in [4.78, 5) is 23.8. The Morgan fingerprint density at radius 3 is 2.64 bits per heavy atom. The quantitative estimate of drug-likeness (QED) is 0.593. The van der Waals surface area contributed by atoms with Gasteiger partial charge in [-0.1, -0.05) is 30.3 Å². The molecule has 0 aliphatic heterocycles. The maximum Gasteiger partial charge on any atom is 0.429 e. The fourth-order valence-electron chi connectivity index (χ4n) is 1.62. The number of amides is 2. The Bertz CT molecular complexity index is 470. The summed E-state index contributed by atoms with van der Waals surface area (Å²) in [5.41, 5.74) is 3.27. The van der Waals surface area contributed by atoms with Gasteiger partial charge in [-0.25, -0.2) is 9.80 Å². The van der Waals surface area contributed by atoms with Crippen LogP contribution in [0, 0.1) is 0 Å². The largest absolute Gasteiger partial charge is 0.443 e. The molecule has 1 rings (SSSR count). The Kier molecular flexibility index (Phi) is 8.32. The van der Waals surface area contributed by atoms with Crippen LogP contribution in [0.1, 0.15) is 25.3 Å². The highest BCUT2D eigenvalue weighted by Crippen LogP contribution is 2.05. The number of aliphatic hydroxyl groups excluding tert-OH is 1. The SMILES string of the molecule is CC(CO)N(NC(=O)CCCCl)C(=O)OCc1ccccc1. The molecule has 1 unspecified atom stereocenters. The van der Waals surface area contributed by atoms with Crippen molar-refractivity contribution in [1.82, 2.24) is 10.4 Å². The number of hydrogen-bond donors (Lipinski definition) is 2. The lowest BCUT2D eigenvalue weighted by Gasteiger charge is -2.27. The third-order valence-corrected chi connectivity index (χ3v) is 3.16. The predicted octanol–water partition coefficient (Wildman–Crippen LogP) is 2.06. The van der Waals surface area contributed by atoms with Crippen LogP contribution in [0.2, 0.25) is 0 Å². The van der Waals surface area contributed by atoms with E-state index in [0.29, 0.717) is 12.3 Å². The van der Waals surface area contributed by atoms with Crippen molar-refractivity contribution in [2.75, 3.05) is 12.5 Å². The highest BCUT2D eigenvalue weighted by molar-refractivity contribution is 6.17. The van der Waals surface area contributed by atoms with E-state index in [2.05, 4.69) is 5.43 Å². The molecule has 1 aromatic rings. The molecular formula is C15H21ClN2O4. The lowest BCUT2D eigenvalue weighted by molar-refractivity contribution is -0.126. The molecule has 1 aromatic carbocycles. The molecule has 22 heavy (non-hydrogen) atoms. The van der Waals surface area contributed by atoms with E-state index in [4.69, 9.17) is 16.3 Å². The van der Waals surface area contributed by atoms with Gasteiger partial charge in [-0.05, 0) is 18.9 Å². The van der Waals surface area contributed by atoms with Crippen LogP contribution in [0.15, 0.2) is 30.3 Å². The molecule has 0 spiro atoms. The Morgan fingerprint density at radius 2 is 2.05 bits per heavy atom. The van der Waals surface area contributed by atoms with Crippen molar-refractivity contribution in [3.8, 4) is 0 Å². The van der Waals surface area contributed by atoms with Crippen LogP contribution in [-0.2, 0) is 16.1 Å². The topological polar surface area (TPSA) is 78.9 Å². The number of carbonyl (C=O) groups excluding carboxylic acids is 2. The van der Waals surface area contributed by atoms with Crippen LogP contribution in [0.5, 0.6) is 0 Å². The molecule has 0 aromatic heterocycles. The number of aliphatic hydroxyl groups is 1. The third-order valence-electron chi connectivity index (χ3n) is 2.89. The van der Waals surface area contributed by atoms with Gasteiger partial charge in [-0.15, -0.1) is 11.6 Å². The Hall–Kier alpha value is -1.79. The number of halogens is 1. The van der Waals surface area contributed by atoms with Gasteiger partial charge in [0.1, 0.15) is 6.61 Å². The number of hydrazine groups is 1. The molecule has 0 fully saturated rings. The van der Waals surface area contributed by atoms with Crippen LogP contribution >= 0.6 is 11.6 Å². The highest BCUT2D eigenvalue weighted by atomic mass is 35.5. The monoisotopic (exact) mass is 328 g/mol. The number of rotatable bonds is 7. The standard InChI is InChI=1S/C15H21ClN2O4/c1-12(10-19)18(17-14(20)8-5-9-16)15(21)22-11-13-6-3-2-4-7-13/h2-4,6-7,12,19H,5,8-11H2,1H3,(H,17,20). The molecule has 7 heteroatoms. The highest BCUT2D eigenvalue weighted by Gasteiger charge is 2.23. The van der Waals surface area contributed by atoms with E-state index in [-0.39, 0.29) is 25.5 Å². The molecule has 0 heterocycles. The number of alkyl halides is 1. The first-order valence-electron chi connectivity index (χ1n) is 7.04. The molecule has 0 radical (unpaired) electrons. The zero-order chi connectivity index (χ0) is 16.4. The maximum absolute atomic E-state index is 12.1. The lowest BCUT2D eigenvalue weighted by Crippen LogP contribution is -2.52. The zero-order valence-corrected chi connectivity index (χ0v) is 13.3. The summed E-state index contributed by atoms with van der Waals surface area (Å²) in [5, 5.41) is 10.2. The summed E-state index contributed by atoms with van der Waals surface area (Å²) in [6, 6.07) is 8.60. The molecular weight excluding hydrogens is 308 g/mol. The number of nitrogens with one attached hydrogen (secondary N) is 1. The molecule has 122 valence electrons. The van der Waals surface area contributed by atoms with E-state index in [9.17, 15) is 14.7 Å². The maximum atomic E-state index is 12.1.